The molecule has 38 heavy (non-hydrogen) atoms. The van der Waals surface area contributed by atoms with Crippen molar-refractivity contribution in [3.63, 3.8) is 0 Å². The summed E-state index contributed by atoms with van der Waals surface area (Å²) in [7, 11) is -3.67. The quantitative estimate of drug-likeness (QED) is 0.292. The third-order valence-corrected chi connectivity index (χ3v) is 7.17. The number of rotatable bonds is 8. The number of urea groups is 1. The van der Waals surface area contributed by atoms with Gasteiger partial charge in [-0.2, -0.15) is 0 Å². The fraction of sp³-hybridized carbons (Fsp3) is 0.346. The second-order valence-corrected chi connectivity index (χ2v) is 11.0. The van der Waals surface area contributed by atoms with Crippen LogP contribution in [0.15, 0.2) is 53.4 Å². The van der Waals surface area contributed by atoms with Crippen LogP contribution in [0.25, 0.3) is 22.5 Å². The van der Waals surface area contributed by atoms with Gasteiger partial charge in [0.05, 0.1) is 35.5 Å². The summed E-state index contributed by atoms with van der Waals surface area (Å²) in [5, 5.41) is 14.2. The lowest BCUT2D eigenvalue weighted by Gasteiger charge is -2.33. The Labute approximate surface area is 220 Å². The van der Waals surface area contributed by atoms with E-state index in [4.69, 9.17) is 14.8 Å². The predicted molar refractivity (Wildman–Crippen MR) is 142 cm³/mol. The zero-order valence-corrected chi connectivity index (χ0v) is 22.0. The molecule has 0 radical (unpaired) electrons. The van der Waals surface area contributed by atoms with Gasteiger partial charge in [-0.25, -0.2) is 27.6 Å². The van der Waals surface area contributed by atoms with Crippen molar-refractivity contribution in [1.29, 1.82) is 0 Å². The van der Waals surface area contributed by atoms with Gasteiger partial charge in [0.25, 0.3) is 0 Å². The fourth-order valence-electron chi connectivity index (χ4n) is 4.08. The molecule has 1 aromatic heterocycles. The standard InChI is InChI=1S/C26H30FN5O5S/c1-17-16-37-13-11-32(17)25-30-22(18-4-7-20(8-5-18)29-26(34)28-10-3-12-33)15-23(31-25)21-14-19(27)6-9-24(21)38(2,35)36/h4-9,14-15,17,33H,3,10-13,16H2,1-2H3,(H2,28,29,34). The van der Waals surface area contributed by atoms with Crippen molar-refractivity contribution in [3.05, 3.63) is 54.3 Å². The van der Waals surface area contributed by atoms with Crippen molar-refractivity contribution in [2.24, 2.45) is 0 Å². The summed E-state index contributed by atoms with van der Waals surface area (Å²) in [4.78, 5) is 23.4. The Balaban J connectivity index is 1.74. The number of benzene rings is 2. The van der Waals surface area contributed by atoms with Crippen LogP contribution in [0, 0.1) is 5.82 Å². The van der Waals surface area contributed by atoms with Crippen LogP contribution in [0.5, 0.6) is 0 Å². The molecular formula is C26H30FN5O5S. The maximum Gasteiger partial charge on any atom is 0.319 e. The van der Waals surface area contributed by atoms with Crippen LogP contribution in [0.4, 0.5) is 20.8 Å². The number of hydrogen-bond donors (Lipinski definition) is 3. The molecule has 0 spiro atoms. The van der Waals surface area contributed by atoms with Crippen molar-refractivity contribution in [3.8, 4) is 22.5 Å². The number of ether oxygens (including phenoxy) is 1. The highest BCUT2D eigenvalue weighted by molar-refractivity contribution is 7.90. The van der Waals surface area contributed by atoms with Gasteiger partial charge in [0, 0.05) is 42.8 Å². The zero-order valence-electron chi connectivity index (χ0n) is 21.1. The highest BCUT2D eigenvalue weighted by Gasteiger charge is 2.24. The molecule has 0 bridgehead atoms. The van der Waals surface area contributed by atoms with Crippen LogP contribution in [0.1, 0.15) is 13.3 Å². The number of halogens is 1. The smallest absolute Gasteiger partial charge is 0.319 e. The van der Waals surface area contributed by atoms with Crippen molar-refractivity contribution < 1.29 is 27.4 Å². The molecule has 0 aliphatic carbocycles. The van der Waals surface area contributed by atoms with E-state index in [2.05, 4.69) is 15.6 Å². The normalized spacial score (nSPS) is 15.8. The monoisotopic (exact) mass is 543 g/mol. The minimum atomic E-state index is -3.67. The molecule has 2 amide bonds. The van der Waals surface area contributed by atoms with Gasteiger partial charge in [-0.3, -0.25) is 0 Å². The third-order valence-electron chi connectivity index (χ3n) is 6.01. The number of carbonyl (C=O) groups excluding carboxylic acids is 1. The molecule has 3 N–H and O–H groups in total. The van der Waals surface area contributed by atoms with Gasteiger partial charge in [0.1, 0.15) is 5.82 Å². The van der Waals surface area contributed by atoms with Crippen molar-refractivity contribution >= 4 is 27.5 Å². The van der Waals surface area contributed by atoms with Gasteiger partial charge in [-0.05, 0) is 49.7 Å². The first kappa shape index (κ1) is 27.4. The minimum absolute atomic E-state index is 0.0115. The molecule has 1 unspecified atom stereocenters. The molecule has 12 heteroatoms. The average Bonchev–Trinajstić information content (AvgIpc) is 2.88. The molecule has 1 saturated heterocycles. The molecule has 1 atom stereocenters. The Bertz CT molecular complexity index is 1400. The van der Waals surface area contributed by atoms with Crippen LogP contribution in [0.2, 0.25) is 0 Å². The molecule has 0 saturated carbocycles. The van der Waals surface area contributed by atoms with Gasteiger partial charge in [0.15, 0.2) is 9.84 Å². The summed E-state index contributed by atoms with van der Waals surface area (Å²) >= 11 is 0. The molecule has 2 heterocycles. The van der Waals surface area contributed by atoms with Gasteiger partial charge in [0.2, 0.25) is 5.95 Å². The lowest BCUT2D eigenvalue weighted by Crippen LogP contribution is -2.44. The summed E-state index contributed by atoms with van der Waals surface area (Å²) in [5.74, 6) is -0.205. The van der Waals surface area contributed by atoms with Crippen LogP contribution in [-0.4, -0.2) is 74.7 Å². The number of anilines is 2. The number of carbonyl (C=O) groups is 1. The third kappa shape index (κ3) is 6.63. The SMILES string of the molecule is CC1COCCN1c1nc(-c2ccc(NC(=O)NCCCO)cc2)cc(-c2cc(F)ccc2S(C)(=O)=O)n1. The zero-order chi connectivity index (χ0) is 27.3. The molecule has 1 fully saturated rings. The maximum absolute atomic E-state index is 14.3. The Morgan fingerprint density at radius 3 is 2.58 bits per heavy atom. The van der Waals surface area contributed by atoms with E-state index >= 15 is 0 Å². The number of nitrogens with one attached hydrogen (secondary N) is 2. The van der Waals surface area contributed by atoms with Crippen LogP contribution in [0.3, 0.4) is 0 Å². The molecule has 4 rings (SSSR count). The van der Waals surface area contributed by atoms with Crippen LogP contribution in [-0.2, 0) is 14.6 Å². The lowest BCUT2D eigenvalue weighted by atomic mass is 10.1. The molecular weight excluding hydrogens is 513 g/mol. The first-order valence-electron chi connectivity index (χ1n) is 12.2. The number of hydrogen-bond acceptors (Lipinski definition) is 8. The number of morpholine rings is 1. The largest absolute Gasteiger partial charge is 0.396 e. The predicted octanol–water partition coefficient (Wildman–Crippen LogP) is 3.08. The summed E-state index contributed by atoms with van der Waals surface area (Å²) < 4.78 is 44.8. The molecule has 202 valence electrons. The number of aliphatic hydroxyl groups excluding tert-OH is 1. The Hall–Kier alpha value is -3.61. The summed E-state index contributed by atoms with van der Waals surface area (Å²) in [6, 6.07) is 11.7. The Kier molecular flexibility index (Phi) is 8.55. The second kappa shape index (κ2) is 11.8. The number of aromatic nitrogens is 2. The molecule has 1 aliphatic heterocycles. The van der Waals surface area contributed by atoms with Crippen molar-refractivity contribution in [2.75, 3.05) is 49.4 Å². The van der Waals surface area contributed by atoms with E-state index in [1.54, 1.807) is 30.3 Å². The summed E-state index contributed by atoms with van der Waals surface area (Å²) in [5.41, 5.74) is 2.17. The average molecular weight is 544 g/mol. The lowest BCUT2D eigenvalue weighted by molar-refractivity contribution is 0.0981. The van der Waals surface area contributed by atoms with Gasteiger partial charge >= 0.3 is 6.03 Å². The van der Waals surface area contributed by atoms with E-state index in [-0.39, 0.29) is 28.8 Å². The summed E-state index contributed by atoms with van der Waals surface area (Å²) in [6.07, 6.45) is 1.53. The van der Waals surface area contributed by atoms with E-state index in [9.17, 15) is 17.6 Å². The Morgan fingerprint density at radius 1 is 1.16 bits per heavy atom. The first-order chi connectivity index (χ1) is 18.2. The highest BCUT2D eigenvalue weighted by Crippen LogP contribution is 2.32. The molecule has 3 aromatic rings. The summed E-state index contributed by atoms with van der Waals surface area (Å²) in [6.45, 7) is 3.83. The van der Waals surface area contributed by atoms with Crippen molar-refractivity contribution in [2.45, 2.75) is 24.3 Å². The first-order valence-corrected chi connectivity index (χ1v) is 14.0. The molecule has 1 aliphatic rings. The van der Waals surface area contributed by atoms with Gasteiger partial charge in [-0.1, -0.05) is 12.1 Å². The highest BCUT2D eigenvalue weighted by atomic mass is 32.2. The number of sulfone groups is 1. The molecule has 10 nitrogen and oxygen atoms in total. The number of aliphatic hydroxyl groups is 1. The van der Waals surface area contributed by atoms with E-state index in [0.717, 1.165) is 18.4 Å². The fourth-order valence-corrected chi connectivity index (χ4v) is 4.96. The van der Waals surface area contributed by atoms with Gasteiger partial charge < -0.3 is 25.4 Å². The second-order valence-electron chi connectivity index (χ2n) is 9.00. The van der Waals surface area contributed by atoms with E-state index in [1.165, 1.54) is 6.07 Å². The Morgan fingerprint density at radius 2 is 1.89 bits per heavy atom. The van der Waals surface area contributed by atoms with Crippen LogP contribution >= 0.6 is 0 Å². The van der Waals surface area contributed by atoms with E-state index in [0.29, 0.717) is 55.6 Å². The maximum atomic E-state index is 14.3. The van der Waals surface area contributed by atoms with E-state index in [1.807, 2.05) is 11.8 Å². The minimum Gasteiger partial charge on any atom is -0.396 e. The van der Waals surface area contributed by atoms with Crippen molar-refractivity contribution in [1.82, 2.24) is 15.3 Å². The van der Waals surface area contributed by atoms with Crippen LogP contribution < -0.4 is 15.5 Å². The molecule has 2 aromatic carbocycles. The van der Waals surface area contributed by atoms with Gasteiger partial charge in [-0.15, -0.1) is 0 Å². The van der Waals surface area contributed by atoms with E-state index < -0.39 is 21.7 Å². The number of amides is 2. The topological polar surface area (TPSA) is 134 Å². The number of nitrogens with zero attached hydrogens (tertiary/aromatic N) is 3.